The molecule has 3 aromatic carbocycles. The monoisotopic (exact) mass is 354 g/mol. The van der Waals surface area contributed by atoms with E-state index in [1.54, 1.807) is 24.3 Å². The van der Waals surface area contributed by atoms with Gasteiger partial charge in [-0.3, -0.25) is 0 Å². The van der Waals surface area contributed by atoms with Crippen LogP contribution in [0.15, 0.2) is 60.7 Å². The standard InChI is InChI=1S/C23H18N2O2/c1-16-12-21(19-6-2-17(14-24)3-7-19)23(27-11-10-26)22(13-16)20-8-4-18(15-25)5-9-20/h2-9,12-13,26H,10-11H2,1H3. The quantitative estimate of drug-likeness (QED) is 0.734. The van der Waals surface area contributed by atoms with Gasteiger partial charge in [0.2, 0.25) is 0 Å². The number of aryl methyl sites for hydroxylation is 1. The van der Waals surface area contributed by atoms with E-state index < -0.39 is 0 Å². The SMILES string of the molecule is Cc1cc(-c2ccc(C#N)cc2)c(OCCO)c(-c2ccc(C#N)cc2)c1. The Labute approximate surface area is 158 Å². The average molecular weight is 354 g/mol. The van der Waals surface area contributed by atoms with Gasteiger partial charge in [-0.15, -0.1) is 0 Å². The summed E-state index contributed by atoms with van der Waals surface area (Å²) < 4.78 is 5.91. The minimum Gasteiger partial charge on any atom is -0.490 e. The van der Waals surface area contributed by atoms with Crippen LogP contribution < -0.4 is 4.74 Å². The normalized spacial score (nSPS) is 10.1. The molecule has 0 bridgehead atoms. The molecule has 27 heavy (non-hydrogen) atoms. The van der Waals surface area contributed by atoms with Crippen molar-refractivity contribution in [2.45, 2.75) is 6.92 Å². The van der Waals surface area contributed by atoms with Crippen molar-refractivity contribution in [1.82, 2.24) is 0 Å². The van der Waals surface area contributed by atoms with Crippen molar-refractivity contribution in [1.29, 1.82) is 10.5 Å². The maximum atomic E-state index is 9.24. The Hall–Kier alpha value is -3.60. The van der Waals surface area contributed by atoms with Gasteiger partial charge < -0.3 is 9.84 Å². The van der Waals surface area contributed by atoms with Crippen LogP contribution in [0, 0.1) is 29.6 Å². The zero-order chi connectivity index (χ0) is 19.2. The highest BCUT2D eigenvalue weighted by Crippen LogP contribution is 2.40. The van der Waals surface area contributed by atoms with Crippen molar-refractivity contribution in [3.05, 3.63) is 77.4 Å². The van der Waals surface area contributed by atoms with E-state index >= 15 is 0 Å². The molecular weight excluding hydrogens is 336 g/mol. The maximum absolute atomic E-state index is 9.24. The molecule has 0 fully saturated rings. The summed E-state index contributed by atoms with van der Waals surface area (Å²) in [4.78, 5) is 0. The van der Waals surface area contributed by atoms with E-state index in [4.69, 9.17) is 15.3 Å². The summed E-state index contributed by atoms with van der Waals surface area (Å²) in [6.45, 7) is 2.10. The van der Waals surface area contributed by atoms with Gasteiger partial charge >= 0.3 is 0 Å². The largest absolute Gasteiger partial charge is 0.490 e. The van der Waals surface area contributed by atoms with E-state index in [-0.39, 0.29) is 13.2 Å². The van der Waals surface area contributed by atoms with E-state index in [1.807, 2.05) is 43.3 Å². The second-order valence-corrected chi connectivity index (χ2v) is 6.14. The first kappa shape index (κ1) is 18.2. The van der Waals surface area contributed by atoms with Crippen LogP contribution >= 0.6 is 0 Å². The first-order valence-electron chi connectivity index (χ1n) is 8.55. The fourth-order valence-corrected chi connectivity index (χ4v) is 2.95. The van der Waals surface area contributed by atoms with Gasteiger partial charge in [0, 0.05) is 11.1 Å². The van der Waals surface area contributed by atoms with Crippen LogP contribution in [0.3, 0.4) is 0 Å². The number of aliphatic hydroxyl groups excluding tert-OH is 1. The van der Waals surface area contributed by atoms with Gasteiger partial charge in [-0.2, -0.15) is 10.5 Å². The van der Waals surface area contributed by atoms with E-state index in [9.17, 15) is 5.11 Å². The van der Waals surface area contributed by atoms with Crippen molar-refractivity contribution >= 4 is 0 Å². The molecule has 3 rings (SSSR count). The van der Waals surface area contributed by atoms with E-state index in [0.29, 0.717) is 16.9 Å². The van der Waals surface area contributed by atoms with Gasteiger partial charge in [0.05, 0.1) is 29.9 Å². The average Bonchev–Trinajstić information content (AvgIpc) is 2.72. The molecule has 0 aliphatic carbocycles. The van der Waals surface area contributed by atoms with Gasteiger partial charge in [0.15, 0.2) is 0 Å². The number of benzene rings is 3. The summed E-state index contributed by atoms with van der Waals surface area (Å²) in [6, 6.07) is 23.0. The van der Waals surface area contributed by atoms with Crippen LogP contribution in [0.5, 0.6) is 5.75 Å². The molecule has 0 aliphatic rings. The van der Waals surface area contributed by atoms with Gasteiger partial charge in [0.1, 0.15) is 12.4 Å². The van der Waals surface area contributed by atoms with Crippen molar-refractivity contribution in [3.8, 4) is 40.1 Å². The van der Waals surface area contributed by atoms with Crippen molar-refractivity contribution < 1.29 is 9.84 Å². The molecule has 0 spiro atoms. The molecule has 0 aliphatic heterocycles. The number of rotatable bonds is 5. The highest BCUT2D eigenvalue weighted by atomic mass is 16.5. The molecular formula is C23H18N2O2. The zero-order valence-corrected chi connectivity index (χ0v) is 14.9. The first-order chi connectivity index (χ1) is 13.2. The minimum absolute atomic E-state index is 0.0898. The molecule has 132 valence electrons. The third-order valence-corrected chi connectivity index (χ3v) is 4.22. The fraction of sp³-hybridized carbons (Fsp3) is 0.130. The topological polar surface area (TPSA) is 77.0 Å². The Morgan fingerprint density at radius 2 is 1.26 bits per heavy atom. The molecule has 0 amide bonds. The third-order valence-electron chi connectivity index (χ3n) is 4.22. The number of ether oxygens (including phenoxy) is 1. The lowest BCUT2D eigenvalue weighted by Crippen LogP contribution is -2.04. The summed E-state index contributed by atoms with van der Waals surface area (Å²) in [6.07, 6.45) is 0. The number of hydrogen-bond donors (Lipinski definition) is 1. The second-order valence-electron chi connectivity index (χ2n) is 6.14. The molecule has 0 unspecified atom stereocenters. The van der Waals surface area contributed by atoms with E-state index in [2.05, 4.69) is 12.1 Å². The first-order valence-corrected chi connectivity index (χ1v) is 8.55. The lowest BCUT2D eigenvalue weighted by molar-refractivity contribution is 0.202. The lowest BCUT2D eigenvalue weighted by Gasteiger charge is -2.17. The number of nitrogens with zero attached hydrogens (tertiary/aromatic N) is 2. The lowest BCUT2D eigenvalue weighted by atomic mass is 9.94. The van der Waals surface area contributed by atoms with Gasteiger partial charge in [-0.05, 0) is 60.0 Å². The molecule has 0 atom stereocenters. The fourth-order valence-electron chi connectivity index (χ4n) is 2.95. The number of nitriles is 2. The van der Waals surface area contributed by atoms with Crippen molar-refractivity contribution in [2.75, 3.05) is 13.2 Å². The van der Waals surface area contributed by atoms with Crippen LogP contribution in [-0.2, 0) is 0 Å². The van der Waals surface area contributed by atoms with E-state index in [1.165, 1.54) is 0 Å². The molecule has 4 heteroatoms. The Balaban J connectivity index is 2.18. The molecule has 4 nitrogen and oxygen atoms in total. The smallest absolute Gasteiger partial charge is 0.135 e. The molecule has 0 radical (unpaired) electrons. The Morgan fingerprint density at radius 1 is 0.815 bits per heavy atom. The molecule has 0 saturated carbocycles. The maximum Gasteiger partial charge on any atom is 0.135 e. The van der Waals surface area contributed by atoms with Gasteiger partial charge in [-0.25, -0.2) is 0 Å². The summed E-state index contributed by atoms with van der Waals surface area (Å²) in [5.74, 6) is 0.670. The highest BCUT2D eigenvalue weighted by molar-refractivity contribution is 5.83. The predicted molar refractivity (Wildman–Crippen MR) is 104 cm³/mol. The van der Waals surface area contributed by atoms with Crippen LogP contribution in [0.25, 0.3) is 22.3 Å². The zero-order valence-electron chi connectivity index (χ0n) is 14.9. The summed E-state index contributed by atoms with van der Waals surface area (Å²) in [5, 5.41) is 27.3. The van der Waals surface area contributed by atoms with Gasteiger partial charge in [0.25, 0.3) is 0 Å². The van der Waals surface area contributed by atoms with Crippen LogP contribution in [-0.4, -0.2) is 18.3 Å². The van der Waals surface area contributed by atoms with Crippen LogP contribution in [0.4, 0.5) is 0 Å². The Bertz CT molecular complexity index is 945. The molecule has 0 saturated heterocycles. The second kappa shape index (κ2) is 8.19. The van der Waals surface area contributed by atoms with Crippen LogP contribution in [0.2, 0.25) is 0 Å². The van der Waals surface area contributed by atoms with Crippen molar-refractivity contribution in [2.24, 2.45) is 0 Å². The predicted octanol–water partition coefficient (Wildman–Crippen LogP) is 4.44. The molecule has 1 N–H and O–H groups in total. The van der Waals surface area contributed by atoms with E-state index in [0.717, 1.165) is 27.8 Å². The Kier molecular flexibility index (Phi) is 5.52. The summed E-state index contributed by atoms with van der Waals surface area (Å²) >= 11 is 0. The molecule has 0 aromatic heterocycles. The van der Waals surface area contributed by atoms with Crippen LogP contribution in [0.1, 0.15) is 16.7 Å². The molecule has 0 heterocycles. The number of hydrogen-bond acceptors (Lipinski definition) is 4. The number of aliphatic hydroxyl groups is 1. The summed E-state index contributed by atoms with van der Waals surface area (Å²) in [7, 11) is 0. The van der Waals surface area contributed by atoms with Crippen molar-refractivity contribution in [3.63, 3.8) is 0 Å². The minimum atomic E-state index is -0.0898. The van der Waals surface area contributed by atoms with Gasteiger partial charge in [-0.1, -0.05) is 24.3 Å². The third kappa shape index (κ3) is 3.98. The molecule has 3 aromatic rings. The Morgan fingerprint density at radius 3 is 1.63 bits per heavy atom. The summed E-state index contributed by atoms with van der Waals surface area (Å²) in [5.41, 5.74) is 5.90. The highest BCUT2D eigenvalue weighted by Gasteiger charge is 2.15.